The minimum atomic E-state index is -1.39. The molecule has 0 N–H and O–H groups in total. The van der Waals surface area contributed by atoms with Crippen LogP contribution >= 0.6 is 8.03 Å². The summed E-state index contributed by atoms with van der Waals surface area (Å²) in [6.45, 7) is 6.04. The molecule has 0 rings (SSSR count). The number of unbranched alkanes of at least 4 members (excludes halogenated alkanes) is 4. The van der Waals surface area contributed by atoms with Gasteiger partial charge in [-0.05, 0) is 31.3 Å². The second-order valence-corrected chi connectivity index (χ2v) is 4.95. The molecule has 0 radical (unpaired) electrons. The summed E-state index contributed by atoms with van der Waals surface area (Å²) in [6, 6.07) is 0. The Morgan fingerprint density at radius 2 is 1.77 bits per heavy atom. The second-order valence-electron chi connectivity index (χ2n) is 3.62. The van der Waals surface area contributed by atoms with E-state index in [1.54, 1.807) is 0 Å². The van der Waals surface area contributed by atoms with Crippen molar-refractivity contribution >= 4 is 8.03 Å². The standard InChI is InChI=1S/C10H22O2P/c1-4-5-6-7-8-9-13(11)12-10(2)3/h10H,4-9H2,1-3H3/q+1. The quantitative estimate of drug-likeness (QED) is 0.440. The third-order valence-corrected chi connectivity index (χ3v) is 3.11. The molecule has 1 unspecified atom stereocenters. The van der Waals surface area contributed by atoms with E-state index in [1.165, 1.54) is 25.7 Å². The third kappa shape index (κ3) is 9.98. The molecular weight excluding hydrogens is 183 g/mol. The van der Waals surface area contributed by atoms with Crippen molar-refractivity contribution < 1.29 is 9.09 Å². The van der Waals surface area contributed by atoms with Crippen molar-refractivity contribution in [3.8, 4) is 0 Å². The van der Waals surface area contributed by atoms with Gasteiger partial charge in [0, 0.05) is 0 Å². The van der Waals surface area contributed by atoms with E-state index >= 15 is 0 Å². The lowest BCUT2D eigenvalue weighted by atomic mass is 10.2. The summed E-state index contributed by atoms with van der Waals surface area (Å²) >= 11 is 0. The maximum atomic E-state index is 11.2. The highest BCUT2D eigenvalue weighted by Crippen LogP contribution is 2.26. The SMILES string of the molecule is CCCCCCC[P+](=O)OC(C)C. The highest BCUT2D eigenvalue weighted by molar-refractivity contribution is 7.39. The topological polar surface area (TPSA) is 26.3 Å². The molecule has 0 amide bonds. The van der Waals surface area contributed by atoms with Crippen molar-refractivity contribution in [1.29, 1.82) is 0 Å². The Kier molecular flexibility index (Phi) is 8.69. The summed E-state index contributed by atoms with van der Waals surface area (Å²) in [5.41, 5.74) is 0. The van der Waals surface area contributed by atoms with Crippen LogP contribution in [0.15, 0.2) is 0 Å². The minimum absolute atomic E-state index is 0.0965. The minimum Gasteiger partial charge on any atom is -0.144 e. The molecule has 0 bridgehead atoms. The Morgan fingerprint density at radius 3 is 2.31 bits per heavy atom. The summed E-state index contributed by atoms with van der Waals surface area (Å²) in [5.74, 6) is 0. The van der Waals surface area contributed by atoms with Gasteiger partial charge in [-0.25, -0.2) is 0 Å². The van der Waals surface area contributed by atoms with E-state index in [9.17, 15) is 4.57 Å². The Labute approximate surface area is 82.9 Å². The van der Waals surface area contributed by atoms with Gasteiger partial charge in [-0.1, -0.05) is 26.2 Å². The third-order valence-electron chi connectivity index (χ3n) is 1.77. The normalized spacial score (nSPS) is 12.2. The van der Waals surface area contributed by atoms with Crippen LogP contribution in [-0.4, -0.2) is 12.3 Å². The lowest BCUT2D eigenvalue weighted by Crippen LogP contribution is -1.95. The molecule has 0 aromatic heterocycles. The van der Waals surface area contributed by atoms with Gasteiger partial charge in [0.2, 0.25) is 0 Å². The molecule has 3 heteroatoms. The molecule has 0 spiro atoms. The van der Waals surface area contributed by atoms with Crippen LogP contribution in [0.4, 0.5) is 0 Å². The highest BCUT2D eigenvalue weighted by atomic mass is 31.1. The summed E-state index contributed by atoms with van der Waals surface area (Å²) in [4.78, 5) is 0. The van der Waals surface area contributed by atoms with Crippen LogP contribution < -0.4 is 0 Å². The molecule has 0 heterocycles. The van der Waals surface area contributed by atoms with Crippen molar-refractivity contribution in [2.75, 3.05) is 6.16 Å². The largest absolute Gasteiger partial charge is 0.508 e. The molecule has 2 nitrogen and oxygen atoms in total. The zero-order chi connectivity index (χ0) is 10.1. The van der Waals surface area contributed by atoms with Gasteiger partial charge < -0.3 is 0 Å². The molecule has 0 saturated heterocycles. The van der Waals surface area contributed by atoms with E-state index in [0.29, 0.717) is 0 Å². The first-order valence-corrected chi connectivity index (χ1v) is 6.64. The Balaban J connectivity index is 3.17. The molecule has 13 heavy (non-hydrogen) atoms. The van der Waals surface area contributed by atoms with E-state index < -0.39 is 8.03 Å². The molecule has 0 fully saturated rings. The summed E-state index contributed by atoms with van der Waals surface area (Å²) in [5, 5.41) is 0. The van der Waals surface area contributed by atoms with Crippen LogP contribution in [0.1, 0.15) is 52.9 Å². The molecule has 1 atom stereocenters. The Morgan fingerprint density at radius 1 is 1.15 bits per heavy atom. The van der Waals surface area contributed by atoms with Crippen LogP contribution in [0, 0.1) is 0 Å². The second kappa shape index (κ2) is 8.65. The maximum Gasteiger partial charge on any atom is 0.508 e. The maximum absolute atomic E-state index is 11.2. The van der Waals surface area contributed by atoms with Gasteiger partial charge in [-0.15, -0.1) is 4.52 Å². The fourth-order valence-corrected chi connectivity index (χ4v) is 2.19. The Hall–Kier alpha value is 0.0600. The molecule has 0 aliphatic heterocycles. The number of rotatable bonds is 8. The number of hydrogen-bond acceptors (Lipinski definition) is 2. The van der Waals surface area contributed by atoms with Gasteiger partial charge >= 0.3 is 8.03 Å². The lowest BCUT2D eigenvalue weighted by molar-refractivity contribution is 0.255. The fourth-order valence-electron chi connectivity index (χ4n) is 1.13. The summed E-state index contributed by atoms with van der Waals surface area (Å²) in [7, 11) is -1.39. The van der Waals surface area contributed by atoms with Gasteiger partial charge in [0.05, 0.1) is 0 Å². The van der Waals surface area contributed by atoms with Crippen LogP contribution in [-0.2, 0) is 9.09 Å². The first-order chi connectivity index (χ1) is 6.16. The van der Waals surface area contributed by atoms with E-state index in [-0.39, 0.29) is 6.10 Å². The number of hydrogen-bond donors (Lipinski definition) is 0. The fraction of sp³-hybridized carbons (Fsp3) is 1.00. The van der Waals surface area contributed by atoms with Crippen LogP contribution in [0.25, 0.3) is 0 Å². The van der Waals surface area contributed by atoms with Crippen molar-refractivity contribution in [2.24, 2.45) is 0 Å². The predicted octanol–water partition coefficient (Wildman–Crippen LogP) is 4.12. The monoisotopic (exact) mass is 205 g/mol. The van der Waals surface area contributed by atoms with Gasteiger partial charge in [-0.2, -0.15) is 0 Å². The predicted molar refractivity (Wildman–Crippen MR) is 57.5 cm³/mol. The van der Waals surface area contributed by atoms with E-state index in [4.69, 9.17) is 4.52 Å². The van der Waals surface area contributed by atoms with Gasteiger partial charge in [0.25, 0.3) is 0 Å². The van der Waals surface area contributed by atoms with Gasteiger partial charge in [0.15, 0.2) is 6.16 Å². The average molecular weight is 205 g/mol. The van der Waals surface area contributed by atoms with Gasteiger partial charge in [0.1, 0.15) is 6.10 Å². The zero-order valence-electron chi connectivity index (χ0n) is 9.08. The molecule has 0 aliphatic rings. The van der Waals surface area contributed by atoms with Crippen LogP contribution in [0.2, 0.25) is 0 Å². The summed E-state index contributed by atoms with van der Waals surface area (Å²) < 4.78 is 16.4. The molecule has 78 valence electrons. The highest BCUT2D eigenvalue weighted by Gasteiger charge is 2.17. The van der Waals surface area contributed by atoms with Crippen molar-refractivity contribution in [2.45, 2.75) is 59.0 Å². The summed E-state index contributed by atoms with van der Waals surface area (Å²) in [6.07, 6.45) is 6.88. The molecule has 0 aromatic rings. The molecule has 0 aromatic carbocycles. The van der Waals surface area contributed by atoms with E-state index in [0.717, 1.165) is 12.6 Å². The van der Waals surface area contributed by atoms with Crippen molar-refractivity contribution in [3.05, 3.63) is 0 Å². The average Bonchev–Trinajstić information content (AvgIpc) is 2.02. The molecule has 0 aliphatic carbocycles. The van der Waals surface area contributed by atoms with E-state index in [2.05, 4.69) is 6.92 Å². The Bertz CT molecular complexity index is 135. The van der Waals surface area contributed by atoms with Crippen LogP contribution in [0.3, 0.4) is 0 Å². The van der Waals surface area contributed by atoms with Crippen molar-refractivity contribution in [3.63, 3.8) is 0 Å². The lowest BCUT2D eigenvalue weighted by Gasteiger charge is -1.95. The first-order valence-electron chi connectivity index (χ1n) is 5.28. The van der Waals surface area contributed by atoms with Crippen LogP contribution in [0.5, 0.6) is 0 Å². The van der Waals surface area contributed by atoms with E-state index in [1.807, 2.05) is 13.8 Å². The smallest absolute Gasteiger partial charge is 0.144 e. The van der Waals surface area contributed by atoms with Gasteiger partial charge in [-0.3, -0.25) is 0 Å². The van der Waals surface area contributed by atoms with Crippen molar-refractivity contribution in [1.82, 2.24) is 0 Å². The first kappa shape index (κ1) is 13.1. The zero-order valence-corrected chi connectivity index (χ0v) is 9.98. The molecular formula is C10H22O2P+. The molecule has 0 saturated carbocycles.